The van der Waals surface area contributed by atoms with Gasteiger partial charge in [-0.2, -0.15) is 0 Å². The number of benzene rings is 2. The minimum atomic E-state index is 0.784. The molecule has 0 spiro atoms. The van der Waals surface area contributed by atoms with Crippen LogP contribution in [0.4, 0.5) is 5.69 Å². The zero-order chi connectivity index (χ0) is 17.6. The van der Waals surface area contributed by atoms with Crippen molar-refractivity contribution < 1.29 is 9.64 Å². The lowest BCUT2D eigenvalue weighted by atomic mass is 10.2. The van der Waals surface area contributed by atoms with Crippen molar-refractivity contribution in [2.24, 2.45) is 0 Å². The molecule has 3 rings (SSSR count). The Morgan fingerprint density at radius 3 is 2.56 bits per heavy atom. The fourth-order valence-electron chi connectivity index (χ4n) is 3.02. The fraction of sp³-hybridized carbons (Fsp3) is 0.316. The van der Waals surface area contributed by atoms with E-state index in [-0.39, 0.29) is 0 Å². The second-order valence-corrected chi connectivity index (χ2v) is 7.03. The van der Waals surface area contributed by atoms with Crippen molar-refractivity contribution >= 4 is 34.6 Å². The van der Waals surface area contributed by atoms with Gasteiger partial charge in [0.15, 0.2) is 5.11 Å². The van der Waals surface area contributed by atoms with Crippen LogP contribution in [-0.2, 0) is 6.54 Å². The number of nitrogens with zero attached hydrogens (tertiary/aromatic N) is 1. The minimum Gasteiger partial charge on any atom is -0.497 e. The third-order valence-corrected chi connectivity index (χ3v) is 5.04. The number of nitrogens with one attached hydrogen (secondary N) is 2. The normalized spacial score (nSPS) is 15.0. The number of hydrogen-bond donors (Lipinski definition) is 2. The summed E-state index contributed by atoms with van der Waals surface area (Å²) in [6, 6.07) is 15.9. The van der Waals surface area contributed by atoms with E-state index in [2.05, 4.69) is 22.3 Å². The van der Waals surface area contributed by atoms with Crippen LogP contribution in [0.5, 0.6) is 5.75 Å². The maximum absolute atomic E-state index is 6.07. The van der Waals surface area contributed by atoms with Gasteiger partial charge in [0, 0.05) is 16.3 Å². The summed E-state index contributed by atoms with van der Waals surface area (Å²) in [7, 11) is 1.66. The van der Waals surface area contributed by atoms with Gasteiger partial charge in [-0.1, -0.05) is 23.7 Å². The van der Waals surface area contributed by atoms with Crippen LogP contribution in [0.2, 0.25) is 5.02 Å². The van der Waals surface area contributed by atoms with Crippen molar-refractivity contribution in [1.82, 2.24) is 4.90 Å². The largest absolute Gasteiger partial charge is 0.497 e. The smallest absolute Gasteiger partial charge is 0.173 e. The van der Waals surface area contributed by atoms with Crippen molar-refractivity contribution in [3.63, 3.8) is 0 Å². The van der Waals surface area contributed by atoms with Gasteiger partial charge >= 0.3 is 0 Å². The Bertz CT molecular complexity index is 715. The molecule has 1 heterocycles. The topological polar surface area (TPSA) is 28.9 Å². The van der Waals surface area contributed by atoms with Crippen molar-refractivity contribution in [1.29, 1.82) is 0 Å². The van der Waals surface area contributed by atoms with Crippen LogP contribution in [0.15, 0.2) is 48.5 Å². The molecule has 0 bridgehead atoms. The molecule has 2 aromatic rings. The summed E-state index contributed by atoms with van der Waals surface area (Å²) >= 11 is 11.6. The minimum absolute atomic E-state index is 0.784. The second-order valence-electron chi connectivity index (χ2n) is 6.20. The van der Waals surface area contributed by atoms with E-state index >= 15 is 0 Å². The standard InChI is InChI=1S/C19H22ClN3OS/c1-24-18-7-5-17(6-8-18)21-19(25)23-11-9-22(10-12-23)14-15-3-2-4-16(20)13-15/h2-8,13H,9-12,14H2,1H3,(H,21,25)/p+1. The summed E-state index contributed by atoms with van der Waals surface area (Å²) in [6.45, 7) is 5.05. The molecule has 1 aliphatic heterocycles. The summed E-state index contributed by atoms with van der Waals surface area (Å²) in [5, 5.41) is 4.90. The Kier molecular flexibility index (Phi) is 6.13. The monoisotopic (exact) mass is 376 g/mol. The van der Waals surface area contributed by atoms with E-state index in [9.17, 15) is 0 Å². The number of piperazine rings is 1. The average Bonchev–Trinajstić information content (AvgIpc) is 2.63. The molecule has 1 saturated heterocycles. The molecule has 0 aromatic heterocycles. The first-order chi connectivity index (χ1) is 12.1. The number of thiocarbonyl (C=S) groups is 1. The molecule has 0 radical (unpaired) electrons. The van der Waals surface area contributed by atoms with E-state index in [0.717, 1.165) is 54.3 Å². The molecule has 0 atom stereocenters. The maximum Gasteiger partial charge on any atom is 0.173 e. The summed E-state index contributed by atoms with van der Waals surface area (Å²) in [5.74, 6) is 0.842. The first kappa shape index (κ1) is 18.0. The first-order valence-corrected chi connectivity index (χ1v) is 9.20. The van der Waals surface area contributed by atoms with E-state index in [0.29, 0.717) is 0 Å². The third kappa shape index (κ3) is 5.08. The highest BCUT2D eigenvalue weighted by Crippen LogP contribution is 2.15. The predicted molar refractivity (Wildman–Crippen MR) is 107 cm³/mol. The Hall–Kier alpha value is -1.82. The Balaban J connectivity index is 1.48. The molecular formula is C19H23ClN3OS+. The number of hydrogen-bond acceptors (Lipinski definition) is 2. The summed E-state index contributed by atoms with van der Waals surface area (Å²) in [5.41, 5.74) is 2.27. The lowest BCUT2D eigenvalue weighted by Crippen LogP contribution is -3.13. The van der Waals surface area contributed by atoms with Crippen molar-refractivity contribution in [3.05, 3.63) is 59.1 Å². The molecule has 2 N–H and O–H groups in total. The maximum atomic E-state index is 6.07. The van der Waals surface area contributed by atoms with Crippen LogP contribution in [0.3, 0.4) is 0 Å². The number of rotatable bonds is 4. The van der Waals surface area contributed by atoms with E-state index < -0.39 is 0 Å². The first-order valence-electron chi connectivity index (χ1n) is 8.42. The SMILES string of the molecule is COc1ccc(NC(=S)N2CC[NH+](Cc3cccc(Cl)c3)CC2)cc1. The summed E-state index contributed by atoms with van der Waals surface area (Å²) < 4.78 is 5.18. The molecule has 1 fully saturated rings. The van der Waals surface area contributed by atoms with Crippen LogP contribution in [0, 0.1) is 0 Å². The zero-order valence-electron chi connectivity index (χ0n) is 14.3. The molecule has 25 heavy (non-hydrogen) atoms. The molecular weight excluding hydrogens is 354 g/mol. The van der Waals surface area contributed by atoms with Gasteiger partial charge in [0.25, 0.3) is 0 Å². The summed E-state index contributed by atoms with van der Waals surface area (Å²) in [6.07, 6.45) is 0. The van der Waals surface area contributed by atoms with Gasteiger partial charge in [-0.25, -0.2) is 0 Å². The predicted octanol–water partition coefficient (Wildman–Crippen LogP) is 2.45. The van der Waals surface area contributed by atoms with E-state index in [1.807, 2.05) is 36.4 Å². The number of methoxy groups -OCH3 is 1. The highest BCUT2D eigenvalue weighted by atomic mass is 35.5. The molecule has 132 valence electrons. The van der Waals surface area contributed by atoms with E-state index in [1.54, 1.807) is 12.0 Å². The van der Waals surface area contributed by atoms with Gasteiger partial charge in [0.2, 0.25) is 0 Å². The number of quaternary nitrogens is 1. The van der Waals surface area contributed by atoms with Crippen LogP contribution in [0.1, 0.15) is 5.56 Å². The number of halogens is 1. The van der Waals surface area contributed by atoms with E-state index in [4.69, 9.17) is 28.6 Å². The highest BCUT2D eigenvalue weighted by molar-refractivity contribution is 7.80. The zero-order valence-corrected chi connectivity index (χ0v) is 15.9. The number of anilines is 1. The Morgan fingerprint density at radius 1 is 1.20 bits per heavy atom. The van der Waals surface area contributed by atoms with Gasteiger partial charge in [-0.05, 0) is 48.6 Å². The van der Waals surface area contributed by atoms with Gasteiger partial charge in [0.1, 0.15) is 12.3 Å². The Morgan fingerprint density at radius 2 is 1.92 bits per heavy atom. The van der Waals surface area contributed by atoms with Crippen LogP contribution in [0.25, 0.3) is 0 Å². The Labute approximate surface area is 159 Å². The molecule has 0 saturated carbocycles. The van der Waals surface area contributed by atoms with Crippen LogP contribution < -0.4 is 15.0 Å². The summed E-state index contributed by atoms with van der Waals surface area (Å²) in [4.78, 5) is 3.80. The van der Waals surface area contributed by atoms with Crippen molar-refractivity contribution in [2.45, 2.75) is 6.54 Å². The van der Waals surface area contributed by atoms with Gasteiger partial charge in [0.05, 0.1) is 33.3 Å². The molecule has 0 aliphatic carbocycles. The molecule has 4 nitrogen and oxygen atoms in total. The molecule has 0 unspecified atom stereocenters. The third-order valence-electron chi connectivity index (χ3n) is 4.44. The highest BCUT2D eigenvalue weighted by Gasteiger charge is 2.22. The lowest BCUT2D eigenvalue weighted by molar-refractivity contribution is -0.917. The molecule has 1 aliphatic rings. The van der Waals surface area contributed by atoms with Gasteiger partial charge < -0.3 is 19.9 Å². The quantitative estimate of drug-likeness (QED) is 0.802. The van der Waals surface area contributed by atoms with E-state index in [1.165, 1.54) is 5.56 Å². The lowest BCUT2D eigenvalue weighted by Gasteiger charge is -2.34. The van der Waals surface area contributed by atoms with Crippen molar-refractivity contribution in [3.8, 4) is 5.75 Å². The average molecular weight is 377 g/mol. The number of ether oxygens (including phenoxy) is 1. The van der Waals surface area contributed by atoms with Crippen LogP contribution in [-0.4, -0.2) is 43.3 Å². The second kappa shape index (κ2) is 8.52. The molecule has 6 heteroatoms. The fourth-order valence-corrected chi connectivity index (χ4v) is 3.53. The molecule has 0 amide bonds. The van der Waals surface area contributed by atoms with Gasteiger partial charge in [-0.3, -0.25) is 0 Å². The molecule has 2 aromatic carbocycles. The van der Waals surface area contributed by atoms with Crippen molar-refractivity contribution in [2.75, 3.05) is 38.6 Å². The van der Waals surface area contributed by atoms with Gasteiger partial charge in [-0.15, -0.1) is 0 Å². The van der Waals surface area contributed by atoms with Crippen LogP contribution >= 0.6 is 23.8 Å².